The van der Waals surface area contributed by atoms with Crippen molar-refractivity contribution in [1.29, 1.82) is 0 Å². The van der Waals surface area contributed by atoms with Gasteiger partial charge in [-0.25, -0.2) is 0 Å². The van der Waals surface area contributed by atoms with Crippen LogP contribution in [0.3, 0.4) is 0 Å². The SMILES string of the molecule is OC[C@@H]1OC/C=C\CO[C@H]([C@H](O)COCc2ccccc2)[C@@H]1OCc1ccccc1. The molecule has 0 aromatic heterocycles. The van der Waals surface area contributed by atoms with Crippen LogP contribution in [0, 0.1) is 0 Å². The number of hydrogen-bond acceptors (Lipinski definition) is 6. The molecule has 0 spiro atoms. The van der Waals surface area contributed by atoms with Gasteiger partial charge in [0, 0.05) is 0 Å². The first-order valence-corrected chi connectivity index (χ1v) is 10.2. The minimum Gasteiger partial charge on any atom is -0.394 e. The van der Waals surface area contributed by atoms with Gasteiger partial charge in [-0.1, -0.05) is 72.8 Å². The highest BCUT2D eigenvalue weighted by atomic mass is 16.6. The molecule has 0 saturated heterocycles. The van der Waals surface area contributed by atoms with Crippen molar-refractivity contribution in [2.75, 3.05) is 26.4 Å². The van der Waals surface area contributed by atoms with Crippen LogP contribution in [-0.4, -0.2) is 61.1 Å². The number of aliphatic hydroxyl groups is 2. The molecule has 0 bridgehead atoms. The normalized spacial score (nSPS) is 24.4. The van der Waals surface area contributed by atoms with E-state index in [1.165, 1.54) is 0 Å². The van der Waals surface area contributed by atoms with Gasteiger partial charge in [-0.3, -0.25) is 0 Å². The molecule has 0 saturated carbocycles. The summed E-state index contributed by atoms with van der Waals surface area (Å²) in [5.41, 5.74) is 2.01. The summed E-state index contributed by atoms with van der Waals surface area (Å²) in [6, 6.07) is 19.5. The van der Waals surface area contributed by atoms with Crippen molar-refractivity contribution in [2.24, 2.45) is 0 Å². The second-order valence-corrected chi connectivity index (χ2v) is 7.15. The van der Waals surface area contributed by atoms with E-state index in [0.29, 0.717) is 26.4 Å². The maximum atomic E-state index is 10.9. The van der Waals surface area contributed by atoms with Crippen molar-refractivity contribution in [1.82, 2.24) is 0 Å². The average Bonchev–Trinajstić information content (AvgIpc) is 2.89. The lowest BCUT2D eigenvalue weighted by atomic mass is 10.0. The zero-order valence-corrected chi connectivity index (χ0v) is 17.0. The fourth-order valence-electron chi connectivity index (χ4n) is 3.31. The predicted octanol–water partition coefficient (Wildman–Crippen LogP) is 2.48. The van der Waals surface area contributed by atoms with Crippen LogP contribution in [0.15, 0.2) is 72.8 Å². The average molecular weight is 414 g/mol. The number of rotatable bonds is 9. The number of ether oxygens (including phenoxy) is 4. The van der Waals surface area contributed by atoms with Crippen LogP contribution in [-0.2, 0) is 32.2 Å². The van der Waals surface area contributed by atoms with Crippen molar-refractivity contribution < 1.29 is 29.2 Å². The number of benzene rings is 2. The summed E-state index contributed by atoms with van der Waals surface area (Å²) in [4.78, 5) is 0. The standard InChI is InChI=1S/C24H30O6/c25-15-22-24(30-17-20-11-5-2-6-12-20)23(29-14-8-7-13-28-22)21(26)18-27-16-19-9-3-1-4-10-19/h1-12,21-26H,13-18H2/b8-7-/t21-,22+,23-,24-/m1/s1. The number of aliphatic hydroxyl groups excluding tert-OH is 2. The summed E-state index contributed by atoms with van der Waals surface area (Å²) >= 11 is 0. The molecule has 4 atom stereocenters. The lowest BCUT2D eigenvalue weighted by Crippen LogP contribution is -2.51. The van der Waals surface area contributed by atoms with Crippen molar-refractivity contribution >= 4 is 0 Å². The highest BCUT2D eigenvalue weighted by Crippen LogP contribution is 2.20. The van der Waals surface area contributed by atoms with Crippen molar-refractivity contribution in [3.63, 3.8) is 0 Å². The lowest BCUT2D eigenvalue weighted by molar-refractivity contribution is -0.181. The Kier molecular flexibility index (Phi) is 9.50. The Morgan fingerprint density at radius 2 is 1.47 bits per heavy atom. The summed E-state index contributed by atoms with van der Waals surface area (Å²) in [6.07, 6.45) is 0.703. The molecule has 0 fully saturated rings. The molecule has 0 aliphatic carbocycles. The lowest BCUT2D eigenvalue weighted by Gasteiger charge is -2.34. The maximum Gasteiger partial charge on any atom is 0.115 e. The highest BCUT2D eigenvalue weighted by Gasteiger charge is 2.37. The van der Waals surface area contributed by atoms with Gasteiger partial charge in [-0.15, -0.1) is 0 Å². The Morgan fingerprint density at radius 1 is 0.867 bits per heavy atom. The van der Waals surface area contributed by atoms with Crippen LogP contribution in [0.4, 0.5) is 0 Å². The van der Waals surface area contributed by atoms with Gasteiger partial charge in [0.15, 0.2) is 0 Å². The minimum atomic E-state index is -0.946. The summed E-state index contributed by atoms with van der Waals surface area (Å²) in [7, 11) is 0. The third kappa shape index (κ3) is 7.02. The van der Waals surface area contributed by atoms with E-state index in [2.05, 4.69) is 0 Å². The van der Waals surface area contributed by atoms with Crippen LogP contribution in [0.1, 0.15) is 11.1 Å². The Hall–Kier alpha value is -2.06. The van der Waals surface area contributed by atoms with Crippen LogP contribution < -0.4 is 0 Å². The zero-order valence-electron chi connectivity index (χ0n) is 17.0. The van der Waals surface area contributed by atoms with Crippen molar-refractivity contribution in [3.8, 4) is 0 Å². The van der Waals surface area contributed by atoms with E-state index in [9.17, 15) is 10.2 Å². The van der Waals surface area contributed by atoms with E-state index in [1.807, 2.05) is 72.8 Å². The fraction of sp³-hybridized carbons (Fsp3) is 0.417. The van der Waals surface area contributed by atoms with Crippen LogP contribution >= 0.6 is 0 Å². The third-order valence-electron chi connectivity index (χ3n) is 4.89. The summed E-state index contributed by atoms with van der Waals surface area (Å²) in [5, 5.41) is 20.7. The third-order valence-corrected chi connectivity index (χ3v) is 4.89. The van der Waals surface area contributed by atoms with Gasteiger partial charge in [0.1, 0.15) is 24.4 Å². The van der Waals surface area contributed by atoms with Gasteiger partial charge in [0.2, 0.25) is 0 Å². The largest absolute Gasteiger partial charge is 0.394 e. The Bertz CT molecular complexity index is 736. The van der Waals surface area contributed by atoms with Gasteiger partial charge in [-0.2, -0.15) is 0 Å². The van der Waals surface area contributed by atoms with Crippen molar-refractivity contribution in [3.05, 3.63) is 83.9 Å². The molecule has 30 heavy (non-hydrogen) atoms. The molecule has 2 aromatic rings. The predicted molar refractivity (Wildman–Crippen MR) is 113 cm³/mol. The minimum absolute atomic E-state index is 0.0760. The van der Waals surface area contributed by atoms with E-state index < -0.39 is 24.4 Å². The first-order chi connectivity index (χ1) is 14.8. The molecule has 1 heterocycles. The quantitative estimate of drug-likeness (QED) is 0.614. The summed E-state index contributed by atoms with van der Waals surface area (Å²) in [5.74, 6) is 0. The van der Waals surface area contributed by atoms with Crippen LogP contribution in [0.5, 0.6) is 0 Å². The van der Waals surface area contributed by atoms with Gasteiger partial charge < -0.3 is 29.2 Å². The molecule has 162 valence electrons. The van der Waals surface area contributed by atoms with Gasteiger partial charge >= 0.3 is 0 Å². The van der Waals surface area contributed by atoms with Crippen LogP contribution in [0.2, 0.25) is 0 Å². The Morgan fingerprint density at radius 3 is 2.10 bits per heavy atom. The second kappa shape index (κ2) is 12.6. The summed E-state index contributed by atoms with van der Waals surface area (Å²) < 4.78 is 23.5. The van der Waals surface area contributed by atoms with E-state index >= 15 is 0 Å². The topological polar surface area (TPSA) is 77.4 Å². The molecule has 1 aliphatic heterocycles. The van der Waals surface area contributed by atoms with E-state index in [0.717, 1.165) is 11.1 Å². The number of hydrogen-bond donors (Lipinski definition) is 2. The fourth-order valence-corrected chi connectivity index (χ4v) is 3.31. The van der Waals surface area contributed by atoms with Gasteiger partial charge in [-0.05, 0) is 11.1 Å². The molecule has 3 rings (SSSR count). The molecule has 2 aromatic carbocycles. The monoisotopic (exact) mass is 414 g/mol. The molecule has 6 nitrogen and oxygen atoms in total. The Balaban J connectivity index is 1.66. The van der Waals surface area contributed by atoms with E-state index in [-0.39, 0.29) is 13.2 Å². The molecular formula is C24H30O6. The molecule has 0 radical (unpaired) electrons. The first-order valence-electron chi connectivity index (χ1n) is 10.2. The summed E-state index contributed by atoms with van der Waals surface area (Å²) in [6.45, 7) is 1.19. The zero-order chi connectivity index (χ0) is 21.0. The van der Waals surface area contributed by atoms with Crippen LogP contribution in [0.25, 0.3) is 0 Å². The second-order valence-electron chi connectivity index (χ2n) is 7.15. The first kappa shape index (κ1) is 22.6. The molecule has 0 amide bonds. The highest BCUT2D eigenvalue weighted by molar-refractivity contribution is 5.14. The van der Waals surface area contributed by atoms with Crippen molar-refractivity contribution in [2.45, 2.75) is 37.6 Å². The smallest absolute Gasteiger partial charge is 0.115 e. The van der Waals surface area contributed by atoms with Gasteiger partial charge in [0.25, 0.3) is 0 Å². The molecule has 2 N–H and O–H groups in total. The molecule has 0 unspecified atom stereocenters. The van der Waals surface area contributed by atoms with E-state index in [4.69, 9.17) is 18.9 Å². The molecular weight excluding hydrogens is 384 g/mol. The molecule has 1 aliphatic rings. The molecule has 6 heteroatoms. The maximum absolute atomic E-state index is 10.9. The van der Waals surface area contributed by atoms with Gasteiger partial charge in [0.05, 0.1) is 39.6 Å². The Labute approximate surface area is 177 Å². The van der Waals surface area contributed by atoms with E-state index in [1.54, 1.807) is 0 Å².